The summed E-state index contributed by atoms with van der Waals surface area (Å²) in [5.74, 6) is 0. The molecular formula is C11H11NS. The van der Waals surface area contributed by atoms with Gasteiger partial charge in [-0.2, -0.15) is 0 Å². The van der Waals surface area contributed by atoms with E-state index in [1.165, 1.54) is 21.6 Å². The zero-order valence-corrected chi connectivity index (χ0v) is 8.56. The second-order valence-corrected chi connectivity index (χ2v) is 4.01. The molecule has 0 saturated heterocycles. The molecule has 2 rings (SSSR count). The van der Waals surface area contributed by atoms with Gasteiger partial charge in [0.2, 0.25) is 0 Å². The number of benzene rings is 1. The van der Waals surface area contributed by atoms with E-state index in [4.69, 9.17) is 0 Å². The van der Waals surface area contributed by atoms with E-state index in [1.54, 1.807) is 11.9 Å². The first-order valence-corrected chi connectivity index (χ1v) is 5.03. The average Bonchev–Trinajstić information content (AvgIpc) is 2.27. The van der Waals surface area contributed by atoms with Crippen LogP contribution < -0.4 is 0 Å². The highest BCUT2D eigenvalue weighted by molar-refractivity contribution is 7.98. The van der Waals surface area contributed by atoms with E-state index in [0.717, 1.165) is 0 Å². The maximum atomic E-state index is 4.28. The summed E-state index contributed by atoms with van der Waals surface area (Å²) in [6.07, 6.45) is 4.08. The third kappa shape index (κ3) is 1.68. The molecule has 1 aliphatic heterocycles. The monoisotopic (exact) mass is 189 g/mol. The molecule has 13 heavy (non-hydrogen) atoms. The van der Waals surface area contributed by atoms with Crippen LogP contribution in [0.2, 0.25) is 0 Å². The first kappa shape index (κ1) is 8.57. The Hall–Kier alpha value is -1.02. The van der Waals surface area contributed by atoms with Crippen LogP contribution in [0.25, 0.3) is 6.08 Å². The van der Waals surface area contributed by atoms with Crippen molar-refractivity contribution >= 4 is 24.2 Å². The maximum absolute atomic E-state index is 4.28. The van der Waals surface area contributed by atoms with Gasteiger partial charge in [0.25, 0.3) is 0 Å². The van der Waals surface area contributed by atoms with Gasteiger partial charge in [-0.25, -0.2) is 4.40 Å². The van der Waals surface area contributed by atoms with Gasteiger partial charge in [0, 0.05) is 23.1 Å². The zero-order valence-electron chi connectivity index (χ0n) is 7.74. The Balaban J connectivity index is 2.60. The number of hydrogen-bond acceptors (Lipinski definition) is 2. The summed E-state index contributed by atoms with van der Waals surface area (Å²) < 4.78 is 4.28. The molecule has 0 atom stereocenters. The molecule has 0 spiro atoms. The summed E-state index contributed by atoms with van der Waals surface area (Å²) in [7, 11) is 0. The number of nitrogens with zero attached hydrogens (tertiary/aromatic N) is 1. The smallest absolute Gasteiger partial charge is 0.0407 e. The molecule has 0 fully saturated rings. The molecule has 1 aliphatic rings. The molecule has 1 aromatic rings. The van der Waals surface area contributed by atoms with Crippen molar-refractivity contribution in [3.05, 3.63) is 34.9 Å². The number of rotatable bonds is 0. The van der Waals surface area contributed by atoms with E-state index in [2.05, 4.69) is 42.5 Å². The Bertz CT molecular complexity index is 391. The van der Waals surface area contributed by atoms with Crippen LogP contribution in [0.4, 0.5) is 0 Å². The predicted octanol–water partition coefficient (Wildman–Crippen LogP) is 3.49. The quantitative estimate of drug-likeness (QED) is 0.569. The highest BCUT2D eigenvalue weighted by atomic mass is 32.2. The average molecular weight is 189 g/mol. The highest BCUT2D eigenvalue weighted by Gasteiger charge is 2.06. The highest BCUT2D eigenvalue weighted by Crippen LogP contribution is 2.30. The third-order valence-electron chi connectivity index (χ3n) is 2.03. The molecule has 1 aromatic carbocycles. The summed E-state index contributed by atoms with van der Waals surface area (Å²) in [6, 6.07) is 6.34. The fourth-order valence-corrected chi connectivity index (χ4v) is 2.13. The van der Waals surface area contributed by atoms with Crippen LogP contribution in [-0.2, 0) is 0 Å². The summed E-state index contributed by atoms with van der Waals surface area (Å²) in [4.78, 5) is 1.27. The summed E-state index contributed by atoms with van der Waals surface area (Å²) in [6.45, 7) is 4.19. The Morgan fingerprint density at radius 3 is 2.92 bits per heavy atom. The van der Waals surface area contributed by atoms with Crippen molar-refractivity contribution in [1.82, 2.24) is 0 Å². The molecule has 0 saturated carbocycles. The SMILES string of the molecule is CC1=Cc2cccc(C)c2SN=C1. The minimum absolute atomic E-state index is 1.21. The molecule has 0 unspecified atom stereocenters. The first-order chi connectivity index (χ1) is 6.27. The molecule has 1 nitrogen and oxygen atoms in total. The second-order valence-electron chi connectivity index (χ2n) is 3.21. The molecule has 0 radical (unpaired) electrons. The van der Waals surface area contributed by atoms with Crippen LogP contribution >= 0.6 is 11.9 Å². The molecule has 0 bridgehead atoms. The Labute approximate surface area is 82.7 Å². The lowest BCUT2D eigenvalue weighted by molar-refractivity contribution is 1.28. The number of aryl methyl sites for hydroxylation is 1. The van der Waals surface area contributed by atoms with Crippen LogP contribution in [0, 0.1) is 6.92 Å². The lowest BCUT2D eigenvalue weighted by Crippen LogP contribution is -1.82. The second kappa shape index (κ2) is 3.38. The van der Waals surface area contributed by atoms with E-state index in [-0.39, 0.29) is 0 Å². The Morgan fingerprint density at radius 2 is 2.08 bits per heavy atom. The van der Waals surface area contributed by atoms with Crippen molar-refractivity contribution in [3.8, 4) is 0 Å². The van der Waals surface area contributed by atoms with Crippen molar-refractivity contribution in [2.24, 2.45) is 4.40 Å². The molecule has 0 amide bonds. The number of hydrogen-bond donors (Lipinski definition) is 0. The summed E-state index contributed by atoms with van der Waals surface area (Å²) >= 11 is 1.56. The van der Waals surface area contributed by atoms with Crippen LogP contribution in [-0.4, -0.2) is 6.21 Å². The van der Waals surface area contributed by atoms with Crippen molar-refractivity contribution in [2.45, 2.75) is 18.7 Å². The molecule has 0 N–H and O–H groups in total. The fourth-order valence-electron chi connectivity index (χ4n) is 1.36. The first-order valence-electron chi connectivity index (χ1n) is 4.25. The predicted molar refractivity (Wildman–Crippen MR) is 59.2 cm³/mol. The largest absolute Gasteiger partial charge is 0.219 e. The molecule has 0 aliphatic carbocycles. The van der Waals surface area contributed by atoms with Gasteiger partial charge < -0.3 is 0 Å². The van der Waals surface area contributed by atoms with Crippen LogP contribution in [0.3, 0.4) is 0 Å². The summed E-state index contributed by atoms with van der Waals surface area (Å²) in [5, 5.41) is 0. The van der Waals surface area contributed by atoms with Crippen molar-refractivity contribution < 1.29 is 0 Å². The fraction of sp³-hybridized carbons (Fsp3) is 0.182. The Kier molecular flexibility index (Phi) is 2.23. The van der Waals surface area contributed by atoms with Gasteiger partial charge in [-0.15, -0.1) is 0 Å². The van der Waals surface area contributed by atoms with Gasteiger partial charge in [0.1, 0.15) is 0 Å². The van der Waals surface area contributed by atoms with Crippen molar-refractivity contribution in [1.29, 1.82) is 0 Å². The molecule has 2 heteroatoms. The molecular weight excluding hydrogens is 178 g/mol. The van der Waals surface area contributed by atoms with Gasteiger partial charge in [-0.05, 0) is 36.6 Å². The van der Waals surface area contributed by atoms with E-state index in [1.807, 2.05) is 6.21 Å². The Morgan fingerprint density at radius 1 is 1.23 bits per heavy atom. The molecule has 66 valence electrons. The maximum Gasteiger partial charge on any atom is 0.0407 e. The number of fused-ring (bicyclic) bond motifs is 1. The van der Waals surface area contributed by atoms with Crippen molar-refractivity contribution in [2.75, 3.05) is 0 Å². The number of allylic oxidation sites excluding steroid dienone is 1. The van der Waals surface area contributed by atoms with Crippen molar-refractivity contribution in [3.63, 3.8) is 0 Å². The lowest BCUT2D eigenvalue weighted by Gasteiger charge is -2.03. The van der Waals surface area contributed by atoms with Crippen LogP contribution in [0.5, 0.6) is 0 Å². The van der Waals surface area contributed by atoms with Gasteiger partial charge in [0.15, 0.2) is 0 Å². The van der Waals surface area contributed by atoms with Gasteiger partial charge in [-0.1, -0.05) is 18.2 Å². The standard InChI is InChI=1S/C11H11NS/c1-8-6-10-5-3-4-9(2)11(10)13-12-7-8/h3-7H,1-2H3. The van der Waals surface area contributed by atoms with Gasteiger partial charge in [-0.3, -0.25) is 0 Å². The van der Waals surface area contributed by atoms with E-state index < -0.39 is 0 Å². The summed E-state index contributed by atoms with van der Waals surface area (Å²) in [5.41, 5.74) is 3.78. The normalized spacial score (nSPS) is 14.8. The molecule has 1 heterocycles. The topological polar surface area (TPSA) is 12.4 Å². The minimum Gasteiger partial charge on any atom is -0.219 e. The van der Waals surface area contributed by atoms with Gasteiger partial charge in [0.05, 0.1) is 0 Å². The van der Waals surface area contributed by atoms with Crippen LogP contribution in [0.15, 0.2) is 33.1 Å². The van der Waals surface area contributed by atoms with Gasteiger partial charge >= 0.3 is 0 Å². The minimum atomic E-state index is 1.21. The van der Waals surface area contributed by atoms with Crippen LogP contribution in [0.1, 0.15) is 18.1 Å². The van der Waals surface area contributed by atoms with E-state index in [9.17, 15) is 0 Å². The van der Waals surface area contributed by atoms with E-state index >= 15 is 0 Å². The molecule has 0 aromatic heterocycles. The zero-order chi connectivity index (χ0) is 9.26. The lowest BCUT2D eigenvalue weighted by atomic mass is 10.1. The third-order valence-corrected chi connectivity index (χ3v) is 2.98. The van der Waals surface area contributed by atoms with E-state index in [0.29, 0.717) is 0 Å².